The molecule has 0 aromatic heterocycles. The number of anilines is 2. The lowest BCUT2D eigenvalue weighted by Crippen LogP contribution is -2.26. The van der Waals surface area contributed by atoms with Gasteiger partial charge in [0.25, 0.3) is 0 Å². The zero-order valence-corrected chi connectivity index (χ0v) is 31.2. The minimum atomic E-state index is -4.42. The highest BCUT2D eigenvalue weighted by Crippen LogP contribution is 2.50. The van der Waals surface area contributed by atoms with Crippen LogP contribution in [0.15, 0.2) is 144 Å². The molecular weight excluding hydrogens is 671 g/mol. The maximum Gasteiger partial charge on any atom is 0.416 e. The number of likely N-dealkylation sites (N-methyl/N-ethyl adjacent to an activating group) is 2. The van der Waals surface area contributed by atoms with Crippen molar-refractivity contribution in [1.82, 2.24) is 4.58 Å². The monoisotopic (exact) mass is 716 g/mol. The smallest absolute Gasteiger partial charge is 0.344 e. The summed E-state index contributed by atoms with van der Waals surface area (Å²) in [6.07, 6.45) is 5.90. The fraction of sp³-hybridized carbons (Fsp3) is 0.283. The topological polar surface area (TPSA) is 9.49 Å². The molecule has 7 heteroatoms. The van der Waals surface area contributed by atoms with E-state index in [0.29, 0.717) is 12.1 Å². The molecular formula is C46H46F4N3+. The Balaban J connectivity index is 1.41. The molecule has 3 aliphatic rings. The standard InChI is InChI=1S/C46H46F4N3/c1-7-51-39-25-23-33(46(48,49)50)29-37(39)44(3,4)41(51)27-21-31-19-20-32(43(31)53(35-15-11-9-12-16-35)36-17-13-10-14-18-36)22-28-42-45(5,6)38-30-34(47)24-26-40(38)52(42)8-2/h9-18,21-30H,7-8,19-20H2,1-6H3/q+1. The molecule has 4 aromatic carbocycles. The van der Waals surface area contributed by atoms with E-state index in [9.17, 15) is 17.6 Å². The first kappa shape index (κ1) is 36.2. The second kappa shape index (κ2) is 13.7. The zero-order valence-electron chi connectivity index (χ0n) is 31.2. The lowest BCUT2D eigenvalue weighted by atomic mass is 9.83. The minimum absolute atomic E-state index is 0.236. The van der Waals surface area contributed by atoms with Gasteiger partial charge >= 0.3 is 6.18 Å². The summed E-state index contributed by atoms with van der Waals surface area (Å²) in [5, 5.41) is 0. The SMILES string of the molecule is CCN1/C(=C/C=C2\CC/C(=C\C=C3\N(CC)c4ccc(C(F)(F)F)cc4C3(C)C)C2=[N+](c2ccccc2)c2ccccc2)C(C)(C)c2cc(F)ccc21. The third-order valence-electron chi connectivity index (χ3n) is 11.1. The first-order chi connectivity index (χ1) is 25.3. The number of rotatable bonds is 6. The first-order valence-electron chi connectivity index (χ1n) is 18.4. The molecule has 1 aliphatic carbocycles. The Morgan fingerprint density at radius 2 is 1.08 bits per heavy atom. The van der Waals surface area contributed by atoms with E-state index in [4.69, 9.17) is 0 Å². The van der Waals surface area contributed by atoms with Gasteiger partial charge in [0.1, 0.15) is 5.82 Å². The molecule has 4 aromatic rings. The van der Waals surface area contributed by atoms with Crippen molar-refractivity contribution in [1.29, 1.82) is 0 Å². The average Bonchev–Trinajstić information content (AvgIpc) is 3.70. The molecule has 0 amide bonds. The Labute approximate surface area is 310 Å². The van der Waals surface area contributed by atoms with Crippen molar-refractivity contribution in [3.63, 3.8) is 0 Å². The molecule has 7 rings (SSSR count). The highest BCUT2D eigenvalue weighted by molar-refractivity contribution is 6.17. The van der Waals surface area contributed by atoms with Gasteiger partial charge < -0.3 is 9.80 Å². The predicted molar refractivity (Wildman–Crippen MR) is 211 cm³/mol. The van der Waals surface area contributed by atoms with Gasteiger partial charge in [-0.25, -0.2) is 4.39 Å². The van der Waals surface area contributed by atoms with Crippen LogP contribution in [-0.4, -0.2) is 18.8 Å². The molecule has 0 saturated heterocycles. The van der Waals surface area contributed by atoms with E-state index < -0.39 is 22.6 Å². The summed E-state index contributed by atoms with van der Waals surface area (Å²) in [7, 11) is 0. The van der Waals surface area contributed by atoms with Gasteiger partial charge in [-0.2, -0.15) is 17.7 Å². The lowest BCUT2D eigenvalue weighted by molar-refractivity contribution is -0.137. The van der Waals surface area contributed by atoms with Crippen LogP contribution in [0.5, 0.6) is 0 Å². The summed E-state index contributed by atoms with van der Waals surface area (Å²) in [5.41, 5.74) is 9.33. The average molecular weight is 717 g/mol. The number of halogens is 4. The molecule has 0 bridgehead atoms. The molecule has 0 spiro atoms. The highest BCUT2D eigenvalue weighted by Gasteiger charge is 2.43. The maximum atomic E-state index is 14.5. The van der Waals surface area contributed by atoms with Crippen LogP contribution in [0.2, 0.25) is 0 Å². The van der Waals surface area contributed by atoms with Crippen LogP contribution in [0, 0.1) is 5.82 Å². The van der Waals surface area contributed by atoms with Gasteiger partial charge in [0.05, 0.1) is 5.56 Å². The van der Waals surface area contributed by atoms with Gasteiger partial charge in [-0.3, -0.25) is 0 Å². The number of fused-ring (bicyclic) bond motifs is 2. The molecule has 53 heavy (non-hydrogen) atoms. The number of benzene rings is 4. The van der Waals surface area contributed by atoms with Crippen molar-refractivity contribution in [2.75, 3.05) is 22.9 Å². The molecule has 3 nitrogen and oxygen atoms in total. The van der Waals surface area contributed by atoms with E-state index in [2.05, 4.69) is 83.7 Å². The van der Waals surface area contributed by atoms with Crippen LogP contribution in [0.1, 0.15) is 71.1 Å². The quantitative estimate of drug-likeness (QED) is 0.145. The Morgan fingerprint density at radius 1 is 0.623 bits per heavy atom. The molecule has 0 N–H and O–H groups in total. The third kappa shape index (κ3) is 6.34. The van der Waals surface area contributed by atoms with Crippen LogP contribution >= 0.6 is 0 Å². The van der Waals surface area contributed by atoms with E-state index in [1.54, 1.807) is 12.1 Å². The molecule has 1 saturated carbocycles. The number of allylic oxidation sites excluding steroid dienone is 8. The summed E-state index contributed by atoms with van der Waals surface area (Å²) < 4.78 is 58.3. The van der Waals surface area contributed by atoms with Gasteiger partial charge in [-0.1, -0.05) is 76.2 Å². The zero-order chi connectivity index (χ0) is 37.7. The van der Waals surface area contributed by atoms with Crippen molar-refractivity contribution in [3.05, 3.63) is 166 Å². The summed E-state index contributed by atoms with van der Waals surface area (Å²) in [4.78, 5) is 4.41. The van der Waals surface area contributed by atoms with Gasteiger partial charge in [-0.15, -0.1) is 0 Å². The van der Waals surface area contributed by atoms with Gasteiger partial charge in [0.15, 0.2) is 0 Å². The maximum absolute atomic E-state index is 14.5. The van der Waals surface area contributed by atoms with Crippen LogP contribution in [-0.2, 0) is 17.0 Å². The van der Waals surface area contributed by atoms with Crippen molar-refractivity contribution < 1.29 is 17.6 Å². The van der Waals surface area contributed by atoms with E-state index in [0.717, 1.165) is 70.4 Å². The molecule has 2 aliphatic heterocycles. The minimum Gasteiger partial charge on any atom is -0.344 e. The molecule has 0 unspecified atom stereocenters. The number of hydrogen-bond acceptors (Lipinski definition) is 2. The molecule has 0 atom stereocenters. The van der Waals surface area contributed by atoms with Crippen LogP contribution in [0.3, 0.4) is 0 Å². The van der Waals surface area contributed by atoms with Gasteiger partial charge in [0, 0.05) is 82.1 Å². The Kier molecular flexibility index (Phi) is 9.34. The summed E-state index contributed by atoms with van der Waals surface area (Å²) in [5.74, 6) is -0.236. The number of alkyl halides is 3. The number of hydrogen-bond donors (Lipinski definition) is 0. The molecule has 272 valence electrons. The Hall–Kier alpha value is -5.17. The van der Waals surface area contributed by atoms with Crippen LogP contribution < -0.4 is 14.4 Å². The normalized spacial score (nSPS) is 20.6. The lowest BCUT2D eigenvalue weighted by Gasteiger charge is -2.26. The predicted octanol–water partition coefficient (Wildman–Crippen LogP) is 12.2. The van der Waals surface area contributed by atoms with Crippen LogP contribution in [0.4, 0.5) is 40.3 Å². The van der Waals surface area contributed by atoms with E-state index >= 15 is 0 Å². The fourth-order valence-corrected chi connectivity index (χ4v) is 8.43. The third-order valence-corrected chi connectivity index (χ3v) is 11.1. The van der Waals surface area contributed by atoms with E-state index in [1.165, 1.54) is 23.8 Å². The summed E-state index contributed by atoms with van der Waals surface area (Å²) in [6.45, 7) is 13.9. The largest absolute Gasteiger partial charge is 0.416 e. The second-order valence-corrected chi connectivity index (χ2v) is 15.0. The van der Waals surface area contributed by atoms with Crippen molar-refractivity contribution in [3.8, 4) is 0 Å². The fourth-order valence-electron chi connectivity index (χ4n) is 8.43. The highest BCUT2D eigenvalue weighted by atomic mass is 19.4. The molecule has 2 heterocycles. The number of nitrogens with zero attached hydrogens (tertiary/aromatic N) is 3. The van der Waals surface area contributed by atoms with E-state index in [1.807, 2.05) is 63.2 Å². The summed E-state index contributed by atoms with van der Waals surface area (Å²) in [6, 6.07) is 29.8. The van der Waals surface area contributed by atoms with Crippen molar-refractivity contribution >= 4 is 28.5 Å². The Morgan fingerprint density at radius 3 is 1.53 bits per heavy atom. The molecule has 1 fully saturated rings. The second-order valence-electron chi connectivity index (χ2n) is 15.0. The first-order valence-corrected chi connectivity index (χ1v) is 18.4. The van der Waals surface area contributed by atoms with Crippen LogP contribution in [0.25, 0.3) is 0 Å². The molecule has 0 radical (unpaired) electrons. The van der Waals surface area contributed by atoms with Gasteiger partial charge in [0.2, 0.25) is 17.1 Å². The van der Waals surface area contributed by atoms with Crippen molar-refractivity contribution in [2.24, 2.45) is 0 Å². The Bertz CT molecular complexity index is 2160. The van der Waals surface area contributed by atoms with Crippen molar-refractivity contribution in [2.45, 2.75) is 71.4 Å². The number of para-hydroxylation sites is 2. The summed E-state index contributed by atoms with van der Waals surface area (Å²) >= 11 is 0. The van der Waals surface area contributed by atoms with E-state index in [-0.39, 0.29) is 5.82 Å². The van der Waals surface area contributed by atoms with Gasteiger partial charge in [-0.05, 0) is 86.4 Å².